The molecule has 2 unspecified atom stereocenters. The smallest absolute Gasteiger partial charge is 0.417 e. The van der Waals surface area contributed by atoms with Crippen LogP contribution >= 0.6 is 0 Å². The SMILES string of the molecule is CCOC(=O)CC(NC(=O)C(CC(C)C)n1cc(CCN(C)C)c(C(F)(F)F)cc1=O)c1cc(-c2c(C(F)(F)F)cc(C)n(C)c2=O)cc(C)c1F. The molecule has 3 aromatic rings. The van der Waals surface area contributed by atoms with Crippen molar-refractivity contribution in [2.75, 3.05) is 27.2 Å². The number of carbonyl (C=O) groups is 2. The van der Waals surface area contributed by atoms with Crippen molar-refractivity contribution in [1.82, 2.24) is 19.4 Å². The molecule has 0 bridgehead atoms. The van der Waals surface area contributed by atoms with Gasteiger partial charge in [0.1, 0.15) is 11.9 Å². The second-order valence-electron chi connectivity index (χ2n) is 13.4. The van der Waals surface area contributed by atoms with Crippen LogP contribution < -0.4 is 16.4 Å². The van der Waals surface area contributed by atoms with Gasteiger partial charge in [0.15, 0.2) is 0 Å². The van der Waals surface area contributed by atoms with Gasteiger partial charge in [-0.25, -0.2) is 4.39 Å². The van der Waals surface area contributed by atoms with Crippen molar-refractivity contribution >= 4 is 11.9 Å². The monoisotopic (exact) mass is 744 g/mol. The molecule has 0 saturated heterocycles. The Bertz CT molecular complexity index is 1910. The van der Waals surface area contributed by atoms with Gasteiger partial charge in [0, 0.05) is 37.1 Å². The van der Waals surface area contributed by atoms with Crippen molar-refractivity contribution in [2.24, 2.45) is 13.0 Å². The lowest BCUT2D eigenvalue weighted by Crippen LogP contribution is -2.41. The highest BCUT2D eigenvalue weighted by Gasteiger charge is 2.38. The zero-order chi connectivity index (χ0) is 39.5. The van der Waals surface area contributed by atoms with E-state index in [0.29, 0.717) is 6.07 Å². The molecule has 0 spiro atoms. The minimum atomic E-state index is -4.99. The van der Waals surface area contributed by atoms with E-state index in [1.807, 2.05) is 0 Å². The Balaban J connectivity index is 2.26. The topological polar surface area (TPSA) is 103 Å². The Hall–Kier alpha value is -4.47. The summed E-state index contributed by atoms with van der Waals surface area (Å²) >= 11 is 0. The summed E-state index contributed by atoms with van der Waals surface area (Å²) in [5, 5.41) is 2.52. The van der Waals surface area contributed by atoms with Crippen LogP contribution in [0.25, 0.3) is 11.1 Å². The summed E-state index contributed by atoms with van der Waals surface area (Å²) in [6.45, 7) is 7.51. The normalized spacial score (nSPS) is 13.4. The third-order valence-electron chi connectivity index (χ3n) is 8.54. The Kier molecular flexibility index (Phi) is 13.3. The van der Waals surface area contributed by atoms with Crippen LogP contribution in [0.5, 0.6) is 0 Å². The number of nitrogens with one attached hydrogen (secondary N) is 1. The first-order valence-electron chi connectivity index (χ1n) is 16.5. The van der Waals surface area contributed by atoms with Crippen LogP contribution in [0.3, 0.4) is 0 Å². The average Bonchev–Trinajstić information content (AvgIpc) is 3.01. The van der Waals surface area contributed by atoms with Crippen molar-refractivity contribution in [3.8, 4) is 11.1 Å². The summed E-state index contributed by atoms with van der Waals surface area (Å²) in [5.41, 5.74) is -6.64. The minimum absolute atomic E-state index is 0.00663. The van der Waals surface area contributed by atoms with E-state index in [2.05, 4.69) is 5.32 Å². The number of hydrogen-bond donors (Lipinski definition) is 1. The fraction of sp³-hybridized carbons (Fsp3) is 0.500. The summed E-state index contributed by atoms with van der Waals surface area (Å²) in [4.78, 5) is 55.1. The second kappa shape index (κ2) is 16.5. The maximum atomic E-state index is 16.0. The number of amides is 1. The summed E-state index contributed by atoms with van der Waals surface area (Å²) in [6.07, 6.45) is -9.81. The van der Waals surface area contributed by atoms with Crippen LogP contribution in [-0.2, 0) is 40.1 Å². The molecular weight excluding hydrogens is 701 g/mol. The molecular formula is C36H43F7N4O5. The second-order valence-corrected chi connectivity index (χ2v) is 13.4. The summed E-state index contributed by atoms with van der Waals surface area (Å²) < 4.78 is 108. The molecule has 9 nitrogen and oxygen atoms in total. The number of benzene rings is 1. The number of likely N-dealkylation sites (N-methyl/N-ethyl adjacent to an activating group) is 1. The zero-order valence-corrected chi connectivity index (χ0v) is 30.2. The van der Waals surface area contributed by atoms with E-state index in [1.54, 1.807) is 32.8 Å². The van der Waals surface area contributed by atoms with Crippen LogP contribution in [-0.4, -0.2) is 53.2 Å². The lowest BCUT2D eigenvalue weighted by Gasteiger charge is -2.27. The van der Waals surface area contributed by atoms with E-state index in [1.165, 1.54) is 27.8 Å². The number of carbonyl (C=O) groups excluding carboxylic acids is 2. The van der Waals surface area contributed by atoms with Gasteiger partial charge >= 0.3 is 18.3 Å². The van der Waals surface area contributed by atoms with Gasteiger partial charge in [0.05, 0.1) is 35.8 Å². The Labute approximate surface area is 296 Å². The molecule has 286 valence electrons. The molecule has 0 radical (unpaired) electrons. The molecule has 16 heteroatoms. The van der Waals surface area contributed by atoms with Crippen LogP contribution in [0.1, 0.15) is 79.2 Å². The third-order valence-corrected chi connectivity index (χ3v) is 8.54. The van der Waals surface area contributed by atoms with Gasteiger partial charge in [-0.1, -0.05) is 13.8 Å². The Morgan fingerprint density at radius 3 is 2.12 bits per heavy atom. The maximum Gasteiger partial charge on any atom is 0.417 e. The first-order valence-corrected chi connectivity index (χ1v) is 16.5. The van der Waals surface area contributed by atoms with E-state index in [9.17, 15) is 45.5 Å². The third kappa shape index (κ3) is 9.89. The van der Waals surface area contributed by atoms with Gasteiger partial charge in [-0.3, -0.25) is 19.2 Å². The van der Waals surface area contributed by atoms with Gasteiger partial charge in [-0.15, -0.1) is 0 Å². The number of esters is 1. The molecule has 52 heavy (non-hydrogen) atoms. The summed E-state index contributed by atoms with van der Waals surface area (Å²) in [6, 6.07) is 0.108. The lowest BCUT2D eigenvalue weighted by atomic mass is 9.92. The van der Waals surface area contributed by atoms with Crippen molar-refractivity contribution in [3.63, 3.8) is 0 Å². The van der Waals surface area contributed by atoms with Crippen LogP contribution in [0.15, 0.2) is 40.1 Å². The molecule has 0 aliphatic rings. The first kappa shape index (κ1) is 41.9. The molecule has 0 fully saturated rings. The fourth-order valence-corrected chi connectivity index (χ4v) is 5.85. The number of pyridine rings is 2. The van der Waals surface area contributed by atoms with Crippen molar-refractivity contribution in [3.05, 3.63) is 90.5 Å². The van der Waals surface area contributed by atoms with E-state index < -0.39 is 81.9 Å². The number of alkyl halides is 6. The largest absolute Gasteiger partial charge is 0.466 e. The van der Waals surface area contributed by atoms with Crippen LogP contribution in [0, 0.1) is 25.6 Å². The molecule has 1 amide bonds. The standard InChI is InChI=1S/C36H43F7N4O5/c1-9-52-30(49)17-27(24-15-23(13-20(4)32(24)37)31-26(36(41,42)43)14-21(5)46(8)34(31)51)44-33(50)28(12-19(2)3)47-18-22(10-11-45(6)7)25(16-29(47)48)35(38,39)40/h13-16,18-19,27-28H,9-12,17H2,1-8H3,(H,44,50). The number of nitrogens with zero attached hydrogens (tertiary/aromatic N) is 3. The van der Waals surface area contributed by atoms with Gasteiger partial charge in [-0.05, 0) is 88.5 Å². The van der Waals surface area contributed by atoms with Gasteiger partial charge in [0.25, 0.3) is 11.1 Å². The van der Waals surface area contributed by atoms with Crippen molar-refractivity contribution < 1.29 is 45.1 Å². The zero-order valence-electron chi connectivity index (χ0n) is 30.2. The predicted molar refractivity (Wildman–Crippen MR) is 180 cm³/mol. The maximum absolute atomic E-state index is 16.0. The van der Waals surface area contributed by atoms with Crippen molar-refractivity contribution in [2.45, 2.75) is 78.3 Å². The molecule has 2 heterocycles. The van der Waals surface area contributed by atoms with Crippen LogP contribution in [0.2, 0.25) is 0 Å². The highest BCUT2D eigenvalue weighted by molar-refractivity contribution is 5.82. The van der Waals surface area contributed by atoms with Gasteiger partial charge in [-0.2, -0.15) is 26.3 Å². The number of rotatable bonds is 13. The first-order chi connectivity index (χ1) is 24.0. The number of aryl methyl sites for hydroxylation is 2. The molecule has 0 saturated carbocycles. The number of aromatic nitrogens is 2. The molecule has 0 aliphatic carbocycles. The molecule has 3 rings (SSSR count). The quantitative estimate of drug-likeness (QED) is 0.158. The Morgan fingerprint density at radius 1 is 0.962 bits per heavy atom. The Morgan fingerprint density at radius 2 is 1.58 bits per heavy atom. The van der Waals surface area contributed by atoms with E-state index in [0.717, 1.165) is 33.5 Å². The average molecular weight is 745 g/mol. The van der Waals surface area contributed by atoms with E-state index in [4.69, 9.17) is 4.74 Å². The van der Waals surface area contributed by atoms with E-state index in [-0.39, 0.29) is 54.3 Å². The summed E-state index contributed by atoms with van der Waals surface area (Å²) in [5.74, 6) is -3.21. The molecule has 0 aliphatic heterocycles. The fourth-order valence-electron chi connectivity index (χ4n) is 5.85. The minimum Gasteiger partial charge on any atom is -0.466 e. The predicted octanol–water partition coefficient (Wildman–Crippen LogP) is 6.51. The molecule has 1 aromatic carbocycles. The van der Waals surface area contributed by atoms with Crippen LogP contribution in [0.4, 0.5) is 30.7 Å². The number of halogens is 7. The molecule has 2 atom stereocenters. The molecule has 1 N–H and O–H groups in total. The van der Waals surface area contributed by atoms with Crippen molar-refractivity contribution in [1.29, 1.82) is 0 Å². The van der Waals surface area contributed by atoms with Gasteiger partial charge in [0.2, 0.25) is 5.91 Å². The highest BCUT2D eigenvalue weighted by Crippen LogP contribution is 2.38. The van der Waals surface area contributed by atoms with Gasteiger partial charge < -0.3 is 24.1 Å². The number of ether oxygens (including phenoxy) is 1. The molecule has 2 aromatic heterocycles. The van der Waals surface area contributed by atoms with E-state index >= 15 is 4.39 Å². The summed E-state index contributed by atoms with van der Waals surface area (Å²) in [7, 11) is 4.57. The number of hydrogen-bond acceptors (Lipinski definition) is 6. The highest BCUT2D eigenvalue weighted by atomic mass is 19.4. The lowest BCUT2D eigenvalue weighted by molar-refractivity contribution is -0.144.